The molecule has 2 heterocycles. The molecule has 0 amide bonds. The molecule has 0 radical (unpaired) electrons. The average Bonchev–Trinajstić information content (AvgIpc) is 2.87. The van der Waals surface area contributed by atoms with E-state index in [1.54, 1.807) is 6.92 Å². The van der Waals surface area contributed by atoms with Crippen LogP contribution in [0.2, 0.25) is 0 Å². The summed E-state index contributed by atoms with van der Waals surface area (Å²) in [4.78, 5) is 5.18. The number of halogens is 3. The molecule has 0 aliphatic carbocycles. The molecule has 0 atom stereocenters. The number of alkyl halides is 2. The van der Waals surface area contributed by atoms with Crippen molar-refractivity contribution in [2.45, 2.75) is 51.5 Å². The van der Waals surface area contributed by atoms with E-state index in [0.717, 1.165) is 4.68 Å². The summed E-state index contributed by atoms with van der Waals surface area (Å²) >= 11 is 1.21. The van der Waals surface area contributed by atoms with E-state index >= 15 is 0 Å². The van der Waals surface area contributed by atoms with Gasteiger partial charge in [0.2, 0.25) is 5.95 Å². The largest absolute Gasteiger partial charge is 0.389 e. The first-order chi connectivity index (χ1) is 9.34. The lowest BCUT2D eigenvalue weighted by molar-refractivity contribution is 0.0123. The maximum atomic E-state index is 14.0. The molecule has 1 aromatic heterocycles. The summed E-state index contributed by atoms with van der Waals surface area (Å²) < 4.78 is 40.7. The fourth-order valence-electron chi connectivity index (χ4n) is 1.85. The highest BCUT2D eigenvalue weighted by Gasteiger charge is 2.30. The van der Waals surface area contributed by atoms with Gasteiger partial charge in [0.25, 0.3) is 6.43 Å². The van der Waals surface area contributed by atoms with E-state index in [0.29, 0.717) is 11.5 Å². The summed E-state index contributed by atoms with van der Waals surface area (Å²) in [5, 5.41) is 8.17. The Morgan fingerprint density at radius 2 is 2.15 bits per heavy atom. The van der Waals surface area contributed by atoms with Gasteiger partial charge in [0.1, 0.15) is 16.3 Å². The van der Waals surface area contributed by atoms with Crippen molar-refractivity contribution in [3.63, 3.8) is 0 Å². The molecule has 1 aromatic rings. The van der Waals surface area contributed by atoms with Crippen molar-refractivity contribution in [1.29, 1.82) is 0 Å². The maximum absolute atomic E-state index is 14.0. The monoisotopic (exact) mass is 307 g/mol. The van der Waals surface area contributed by atoms with Crippen LogP contribution in [0.15, 0.2) is 5.16 Å². The lowest BCUT2D eigenvalue weighted by Gasteiger charge is -2.13. The molecule has 112 valence electrons. The first-order valence-electron chi connectivity index (χ1n) is 6.25. The van der Waals surface area contributed by atoms with Crippen molar-refractivity contribution in [1.82, 2.24) is 9.78 Å². The van der Waals surface area contributed by atoms with Crippen molar-refractivity contribution in [2.75, 3.05) is 0 Å². The van der Waals surface area contributed by atoms with Crippen molar-refractivity contribution >= 4 is 16.8 Å². The molecule has 0 saturated heterocycles. The molecule has 20 heavy (non-hydrogen) atoms. The third-order valence-electron chi connectivity index (χ3n) is 2.87. The smallest absolute Gasteiger partial charge is 0.282 e. The standard InChI is InChI=1S/C12H16F3N3OS/c1-4-18-11(15)7(9(16-18)10(13)14)6-20-8-5-12(2,3)19-17-8/h10H,4-6H2,1-3H3. The first kappa shape index (κ1) is 15.2. The van der Waals surface area contributed by atoms with Crippen molar-refractivity contribution < 1.29 is 18.0 Å². The Hall–Kier alpha value is -1.18. The Kier molecular flexibility index (Phi) is 4.31. The number of rotatable bonds is 4. The van der Waals surface area contributed by atoms with E-state index in [2.05, 4.69) is 10.3 Å². The second-order valence-electron chi connectivity index (χ2n) is 5.07. The van der Waals surface area contributed by atoms with Crippen LogP contribution in [0.4, 0.5) is 13.2 Å². The van der Waals surface area contributed by atoms with Gasteiger partial charge >= 0.3 is 0 Å². The Balaban J connectivity index is 2.11. The minimum Gasteiger partial charge on any atom is -0.389 e. The molecule has 0 N–H and O–H groups in total. The van der Waals surface area contributed by atoms with Gasteiger partial charge in [0.05, 0.1) is 0 Å². The Bertz CT molecular complexity index is 528. The summed E-state index contributed by atoms with van der Waals surface area (Å²) in [7, 11) is 0. The number of thioether (sulfide) groups is 1. The molecular formula is C12H16F3N3OS. The molecule has 0 spiro atoms. The Morgan fingerprint density at radius 1 is 1.45 bits per heavy atom. The minimum atomic E-state index is -2.79. The van der Waals surface area contributed by atoms with Crippen LogP contribution in [0.5, 0.6) is 0 Å². The van der Waals surface area contributed by atoms with Gasteiger partial charge in [-0.15, -0.1) is 11.8 Å². The highest BCUT2D eigenvalue weighted by Crippen LogP contribution is 2.32. The third-order valence-corrected chi connectivity index (χ3v) is 3.86. The van der Waals surface area contributed by atoms with Gasteiger partial charge in [-0.1, -0.05) is 5.16 Å². The molecule has 0 unspecified atom stereocenters. The van der Waals surface area contributed by atoms with Crippen LogP contribution >= 0.6 is 11.8 Å². The average molecular weight is 307 g/mol. The summed E-state index contributed by atoms with van der Waals surface area (Å²) in [5.74, 6) is -0.627. The number of aryl methyl sites for hydroxylation is 1. The molecule has 1 aliphatic rings. The van der Waals surface area contributed by atoms with Crippen LogP contribution in [-0.2, 0) is 17.1 Å². The lowest BCUT2D eigenvalue weighted by atomic mass is 10.1. The summed E-state index contributed by atoms with van der Waals surface area (Å²) in [6, 6.07) is 0. The fraction of sp³-hybridized carbons (Fsp3) is 0.667. The predicted molar refractivity (Wildman–Crippen MR) is 71.3 cm³/mol. The highest BCUT2D eigenvalue weighted by atomic mass is 32.2. The van der Waals surface area contributed by atoms with Crippen LogP contribution in [-0.4, -0.2) is 20.4 Å². The van der Waals surface area contributed by atoms with Gasteiger partial charge in [-0.3, -0.25) is 0 Å². The highest BCUT2D eigenvalue weighted by molar-refractivity contribution is 8.13. The number of hydrogen-bond donors (Lipinski definition) is 0. The molecule has 0 saturated carbocycles. The fourth-order valence-corrected chi connectivity index (χ4v) is 2.97. The van der Waals surface area contributed by atoms with Gasteiger partial charge in [-0.05, 0) is 20.8 Å². The van der Waals surface area contributed by atoms with Crippen LogP contribution in [0.3, 0.4) is 0 Å². The topological polar surface area (TPSA) is 39.4 Å². The van der Waals surface area contributed by atoms with E-state index < -0.39 is 18.1 Å². The van der Waals surface area contributed by atoms with Crippen molar-refractivity contribution in [3.05, 3.63) is 17.2 Å². The second kappa shape index (κ2) is 5.67. The van der Waals surface area contributed by atoms with E-state index in [9.17, 15) is 13.2 Å². The maximum Gasteiger partial charge on any atom is 0.282 e. The zero-order chi connectivity index (χ0) is 14.9. The first-order valence-corrected chi connectivity index (χ1v) is 7.23. The summed E-state index contributed by atoms with van der Waals surface area (Å²) in [5.41, 5.74) is -0.935. The quantitative estimate of drug-likeness (QED) is 0.851. The second-order valence-corrected chi connectivity index (χ2v) is 6.12. The number of nitrogens with zero attached hydrogens (tertiary/aromatic N) is 3. The zero-order valence-electron chi connectivity index (χ0n) is 11.5. The van der Waals surface area contributed by atoms with E-state index in [-0.39, 0.29) is 23.5 Å². The van der Waals surface area contributed by atoms with Crippen LogP contribution in [0.25, 0.3) is 0 Å². The molecule has 8 heteroatoms. The molecule has 1 aliphatic heterocycles. The predicted octanol–water partition coefficient (Wildman–Crippen LogP) is 3.73. The molecule has 2 rings (SSSR count). The Labute approximate surface area is 119 Å². The number of oxime groups is 1. The molecule has 0 bridgehead atoms. The SMILES string of the molecule is CCn1nc(C(F)F)c(CSC2=NOC(C)(C)C2)c1F. The van der Waals surface area contributed by atoms with E-state index in [1.807, 2.05) is 13.8 Å². The van der Waals surface area contributed by atoms with Gasteiger partial charge in [0.15, 0.2) is 0 Å². The summed E-state index contributed by atoms with van der Waals surface area (Å²) in [6.07, 6.45) is -2.20. The van der Waals surface area contributed by atoms with E-state index in [4.69, 9.17) is 4.84 Å². The molecule has 4 nitrogen and oxygen atoms in total. The number of hydrogen-bond acceptors (Lipinski definition) is 4. The van der Waals surface area contributed by atoms with Crippen molar-refractivity contribution in [2.24, 2.45) is 5.16 Å². The lowest BCUT2D eigenvalue weighted by Crippen LogP contribution is -2.18. The molecule has 0 fully saturated rings. The van der Waals surface area contributed by atoms with Gasteiger partial charge in [-0.2, -0.15) is 9.49 Å². The van der Waals surface area contributed by atoms with Crippen LogP contribution in [0.1, 0.15) is 44.9 Å². The molecular weight excluding hydrogens is 291 g/mol. The zero-order valence-corrected chi connectivity index (χ0v) is 12.3. The normalized spacial score (nSPS) is 17.4. The van der Waals surface area contributed by atoms with Gasteiger partial charge < -0.3 is 4.84 Å². The van der Waals surface area contributed by atoms with Gasteiger partial charge in [0, 0.05) is 24.3 Å². The summed E-state index contributed by atoms with van der Waals surface area (Å²) in [6.45, 7) is 5.63. The van der Waals surface area contributed by atoms with Crippen LogP contribution < -0.4 is 0 Å². The minimum absolute atomic E-state index is 0.0562. The number of aromatic nitrogens is 2. The van der Waals surface area contributed by atoms with Crippen molar-refractivity contribution in [3.8, 4) is 0 Å². The third kappa shape index (κ3) is 3.11. The molecule has 0 aromatic carbocycles. The van der Waals surface area contributed by atoms with E-state index in [1.165, 1.54) is 11.8 Å². The van der Waals surface area contributed by atoms with Crippen LogP contribution in [0, 0.1) is 5.95 Å². The van der Waals surface area contributed by atoms with Gasteiger partial charge in [-0.25, -0.2) is 13.5 Å². The Morgan fingerprint density at radius 3 is 2.65 bits per heavy atom.